The van der Waals surface area contributed by atoms with Crippen LogP contribution in [0.15, 0.2) is 59.6 Å². The number of hydrogen-bond donors (Lipinski definition) is 1. The number of thioether (sulfide) groups is 1. The number of aliphatic imine (C=N–C) groups is 1. The summed E-state index contributed by atoms with van der Waals surface area (Å²) in [6.45, 7) is 0.194. The van der Waals surface area contributed by atoms with Crippen LogP contribution >= 0.6 is 11.8 Å². The minimum atomic E-state index is -4.33. The smallest absolute Gasteiger partial charge is 0.335 e. The quantitative estimate of drug-likeness (QED) is 0.632. The molecule has 0 atom stereocenters. The van der Waals surface area contributed by atoms with E-state index in [0.29, 0.717) is 10.7 Å². The maximum absolute atomic E-state index is 12.7. The first-order valence-corrected chi connectivity index (χ1v) is 7.78. The molecule has 0 unspecified atom stereocenters. The molecule has 0 aliphatic rings. The van der Waals surface area contributed by atoms with Gasteiger partial charge in [0, 0.05) is 5.69 Å². The highest BCUT2D eigenvalue weighted by Crippen LogP contribution is 2.29. The van der Waals surface area contributed by atoms with Crippen LogP contribution in [0.2, 0.25) is 0 Å². The van der Waals surface area contributed by atoms with Crippen molar-refractivity contribution in [3.05, 3.63) is 65.7 Å². The molecule has 2 rings (SSSR count). The third-order valence-corrected chi connectivity index (χ3v) is 3.50. The van der Waals surface area contributed by atoms with E-state index in [1.54, 1.807) is 6.07 Å². The van der Waals surface area contributed by atoms with Gasteiger partial charge in [0.1, 0.15) is 0 Å². The lowest BCUT2D eigenvalue weighted by Crippen LogP contribution is -2.08. The topological polar surface area (TPSA) is 24.4 Å². The van der Waals surface area contributed by atoms with E-state index < -0.39 is 11.7 Å². The number of amidine groups is 1. The molecule has 0 aliphatic heterocycles. The number of benzene rings is 2. The van der Waals surface area contributed by atoms with Gasteiger partial charge >= 0.3 is 6.18 Å². The summed E-state index contributed by atoms with van der Waals surface area (Å²) in [7, 11) is 0. The van der Waals surface area contributed by atoms with E-state index in [0.717, 1.165) is 17.8 Å². The van der Waals surface area contributed by atoms with Crippen molar-refractivity contribution in [2.24, 2.45) is 4.99 Å². The molecule has 0 heterocycles. The Labute approximate surface area is 131 Å². The van der Waals surface area contributed by atoms with Gasteiger partial charge in [0.05, 0.1) is 12.1 Å². The van der Waals surface area contributed by atoms with Gasteiger partial charge in [-0.2, -0.15) is 13.2 Å². The molecule has 0 saturated heterocycles. The van der Waals surface area contributed by atoms with E-state index in [9.17, 15) is 13.2 Å². The van der Waals surface area contributed by atoms with Crippen molar-refractivity contribution in [3.63, 3.8) is 0 Å². The highest BCUT2D eigenvalue weighted by atomic mass is 32.2. The third kappa shape index (κ3) is 4.80. The molecule has 0 saturated carbocycles. The first kappa shape index (κ1) is 16.4. The molecule has 1 N–H and O–H groups in total. The first-order valence-electron chi connectivity index (χ1n) is 6.55. The van der Waals surface area contributed by atoms with E-state index in [1.165, 1.54) is 17.8 Å². The lowest BCUT2D eigenvalue weighted by atomic mass is 10.1. The third-order valence-electron chi connectivity index (χ3n) is 2.88. The van der Waals surface area contributed by atoms with Gasteiger partial charge in [0.15, 0.2) is 5.17 Å². The molecule has 0 radical (unpaired) electrons. The van der Waals surface area contributed by atoms with Gasteiger partial charge in [0.2, 0.25) is 0 Å². The summed E-state index contributed by atoms with van der Waals surface area (Å²) >= 11 is 1.41. The fraction of sp³-hybridized carbons (Fsp3) is 0.188. The fourth-order valence-electron chi connectivity index (χ4n) is 1.81. The Morgan fingerprint density at radius 3 is 2.45 bits per heavy atom. The van der Waals surface area contributed by atoms with Crippen molar-refractivity contribution >= 4 is 22.6 Å². The standard InChI is InChI=1S/C16H15F3N2S/c1-22-15(21-14-8-3-2-4-9-14)20-11-12-6-5-7-13(10-12)16(17,18)19/h2-10H,11H2,1H3,(H,20,21). The Morgan fingerprint density at radius 1 is 1.09 bits per heavy atom. The second-order valence-corrected chi connectivity index (χ2v) is 5.31. The molecule has 0 amide bonds. The van der Waals surface area contributed by atoms with Crippen molar-refractivity contribution in [2.75, 3.05) is 11.6 Å². The second-order valence-electron chi connectivity index (χ2n) is 4.51. The summed E-state index contributed by atoms with van der Waals surface area (Å²) in [5.74, 6) is 0. The molecule has 22 heavy (non-hydrogen) atoms. The zero-order valence-corrected chi connectivity index (χ0v) is 12.7. The monoisotopic (exact) mass is 324 g/mol. The van der Waals surface area contributed by atoms with Gasteiger partial charge in [-0.1, -0.05) is 42.1 Å². The number of anilines is 1. The normalized spacial score (nSPS) is 12.3. The fourth-order valence-corrected chi connectivity index (χ4v) is 2.22. The number of hydrogen-bond acceptors (Lipinski definition) is 2. The number of para-hydroxylation sites is 1. The molecule has 2 nitrogen and oxygen atoms in total. The number of halogens is 3. The van der Waals surface area contributed by atoms with Crippen molar-refractivity contribution < 1.29 is 13.2 Å². The van der Waals surface area contributed by atoms with Crippen LogP contribution in [0.4, 0.5) is 18.9 Å². The van der Waals surface area contributed by atoms with Crippen molar-refractivity contribution in [1.82, 2.24) is 0 Å². The highest BCUT2D eigenvalue weighted by Gasteiger charge is 2.30. The maximum atomic E-state index is 12.7. The number of nitrogens with one attached hydrogen (secondary N) is 1. The van der Waals surface area contributed by atoms with Gasteiger partial charge in [-0.05, 0) is 36.1 Å². The molecule has 0 spiro atoms. The Bertz CT molecular complexity index is 639. The van der Waals surface area contributed by atoms with Crippen LogP contribution in [0.1, 0.15) is 11.1 Å². The highest BCUT2D eigenvalue weighted by molar-refractivity contribution is 8.13. The van der Waals surface area contributed by atoms with E-state index in [1.807, 2.05) is 36.6 Å². The first-order chi connectivity index (χ1) is 10.5. The molecule has 2 aromatic carbocycles. The lowest BCUT2D eigenvalue weighted by Gasteiger charge is -2.09. The molecular weight excluding hydrogens is 309 g/mol. The predicted molar refractivity (Wildman–Crippen MR) is 86.2 cm³/mol. The summed E-state index contributed by atoms with van der Waals surface area (Å²) in [5, 5.41) is 3.79. The van der Waals surface area contributed by atoms with Gasteiger partial charge in [-0.15, -0.1) is 0 Å². The van der Waals surface area contributed by atoms with Crippen LogP contribution in [-0.2, 0) is 12.7 Å². The Balaban J connectivity index is 2.09. The van der Waals surface area contributed by atoms with Crippen LogP contribution in [0.5, 0.6) is 0 Å². The molecular formula is C16H15F3N2S. The number of alkyl halides is 3. The molecule has 0 fully saturated rings. The summed E-state index contributed by atoms with van der Waals surface area (Å²) in [5.41, 5.74) is 0.762. The maximum Gasteiger partial charge on any atom is 0.416 e. The van der Waals surface area contributed by atoms with E-state index in [4.69, 9.17) is 0 Å². The van der Waals surface area contributed by atoms with Crippen LogP contribution < -0.4 is 5.32 Å². The average Bonchev–Trinajstić information content (AvgIpc) is 2.52. The van der Waals surface area contributed by atoms with Crippen LogP contribution in [-0.4, -0.2) is 11.4 Å². The zero-order chi connectivity index (χ0) is 16.0. The molecule has 0 aromatic heterocycles. The summed E-state index contributed by atoms with van der Waals surface area (Å²) < 4.78 is 38.0. The molecule has 6 heteroatoms. The van der Waals surface area contributed by atoms with Gasteiger partial charge in [0.25, 0.3) is 0 Å². The van der Waals surface area contributed by atoms with Gasteiger partial charge in [-0.25, -0.2) is 0 Å². The Kier molecular flexibility index (Phi) is 5.49. The minimum Gasteiger partial charge on any atom is -0.335 e. The van der Waals surface area contributed by atoms with Crippen LogP contribution in [0.3, 0.4) is 0 Å². The van der Waals surface area contributed by atoms with Crippen molar-refractivity contribution in [2.45, 2.75) is 12.7 Å². The molecule has 2 aromatic rings. The molecule has 0 aliphatic carbocycles. The summed E-state index contributed by atoms with van der Waals surface area (Å²) in [4.78, 5) is 4.33. The minimum absolute atomic E-state index is 0.194. The lowest BCUT2D eigenvalue weighted by molar-refractivity contribution is -0.137. The van der Waals surface area contributed by atoms with E-state index in [-0.39, 0.29) is 6.54 Å². The Morgan fingerprint density at radius 2 is 1.82 bits per heavy atom. The van der Waals surface area contributed by atoms with E-state index >= 15 is 0 Å². The SMILES string of the molecule is CSC(=NCc1cccc(C(F)(F)F)c1)Nc1ccccc1. The number of nitrogens with zero attached hydrogens (tertiary/aromatic N) is 1. The zero-order valence-electron chi connectivity index (χ0n) is 11.9. The average molecular weight is 324 g/mol. The van der Waals surface area contributed by atoms with Crippen LogP contribution in [0, 0.1) is 0 Å². The predicted octanol–water partition coefficient (Wildman–Crippen LogP) is 5.04. The summed E-state index contributed by atoms with van der Waals surface area (Å²) in [6.07, 6.45) is -2.47. The summed E-state index contributed by atoms with van der Waals surface area (Å²) in [6, 6.07) is 14.7. The molecule has 116 valence electrons. The van der Waals surface area contributed by atoms with Gasteiger partial charge < -0.3 is 5.32 Å². The molecule has 0 bridgehead atoms. The second kappa shape index (κ2) is 7.35. The van der Waals surface area contributed by atoms with Crippen molar-refractivity contribution in [1.29, 1.82) is 0 Å². The largest absolute Gasteiger partial charge is 0.416 e. The number of rotatable bonds is 3. The van der Waals surface area contributed by atoms with Gasteiger partial charge in [-0.3, -0.25) is 4.99 Å². The van der Waals surface area contributed by atoms with E-state index in [2.05, 4.69) is 10.3 Å². The van der Waals surface area contributed by atoms with Crippen molar-refractivity contribution in [3.8, 4) is 0 Å². The Hall–Kier alpha value is -1.95. The van der Waals surface area contributed by atoms with Crippen LogP contribution in [0.25, 0.3) is 0 Å².